The highest BCUT2D eigenvalue weighted by Crippen LogP contribution is 2.31. The first kappa shape index (κ1) is 32.1. The van der Waals surface area contributed by atoms with Gasteiger partial charge in [0.25, 0.3) is 0 Å². The summed E-state index contributed by atoms with van der Waals surface area (Å²) in [7, 11) is 0. The number of alkyl halides is 3. The number of aryl methyl sites for hydroxylation is 1. The lowest BCUT2D eigenvalue weighted by Crippen LogP contribution is -2.48. The van der Waals surface area contributed by atoms with Gasteiger partial charge in [0.05, 0.1) is 12.0 Å². The molecule has 2 heterocycles. The van der Waals surface area contributed by atoms with Crippen LogP contribution in [0.25, 0.3) is 0 Å². The van der Waals surface area contributed by atoms with Crippen molar-refractivity contribution in [3.63, 3.8) is 0 Å². The van der Waals surface area contributed by atoms with Crippen LogP contribution in [0.15, 0.2) is 84.2 Å². The third-order valence-corrected chi connectivity index (χ3v) is 8.63. The van der Waals surface area contributed by atoms with Crippen molar-refractivity contribution < 1.29 is 18.0 Å². The summed E-state index contributed by atoms with van der Waals surface area (Å²) >= 11 is 0. The number of nitrogens with one attached hydrogen (secondary N) is 3. The number of hydrogen-bond donors (Lipinski definition) is 3. The van der Waals surface area contributed by atoms with Gasteiger partial charge in [-0.1, -0.05) is 54.6 Å². The van der Waals surface area contributed by atoms with Crippen molar-refractivity contribution in [1.82, 2.24) is 20.4 Å². The highest BCUT2D eigenvalue weighted by atomic mass is 19.4. The zero-order valence-corrected chi connectivity index (χ0v) is 25.6. The van der Waals surface area contributed by atoms with E-state index >= 15 is 0 Å². The van der Waals surface area contributed by atoms with Crippen LogP contribution in [-0.2, 0) is 23.9 Å². The number of rotatable bonds is 12. The second kappa shape index (κ2) is 14.7. The summed E-state index contributed by atoms with van der Waals surface area (Å²) in [5, 5.41) is 15.3. The fourth-order valence-corrected chi connectivity index (χ4v) is 6.05. The minimum Gasteiger partial charge on any atom is -0.364 e. The van der Waals surface area contributed by atoms with E-state index in [9.17, 15) is 18.0 Å². The van der Waals surface area contributed by atoms with Crippen LogP contribution in [0.3, 0.4) is 0 Å². The quantitative estimate of drug-likeness (QED) is 0.200. The number of carbonyl (C=O) groups excluding carboxylic acids is 1. The Kier molecular flexibility index (Phi) is 10.5. The van der Waals surface area contributed by atoms with E-state index in [-0.39, 0.29) is 24.5 Å². The molecule has 6 nitrogen and oxygen atoms in total. The van der Waals surface area contributed by atoms with E-state index in [1.54, 1.807) is 0 Å². The summed E-state index contributed by atoms with van der Waals surface area (Å²) in [6, 6.07) is 27.1. The molecule has 1 fully saturated rings. The number of benzene rings is 2. The summed E-state index contributed by atoms with van der Waals surface area (Å²) in [5.74, 6) is -0.00871. The minimum absolute atomic E-state index is 0.00871. The van der Waals surface area contributed by atoms with Gasteiger partial charge in [-0.3, -0.25) is 9.69 Å². The Morgan fingerprint density at radius 2 is 1.73 bits per heavy atom. The van der Waals surface area contributed by atoms with Gasteiger partial charge < -0.3 is 20.9 Å². The zero-order chi connectivity index (χ0) is 31.8. The molecule has 45 heavy (non-hydrogen) atoms. The SMILES string of the molecule is CC1=C(CN2CCC(N(Cc3cc#ccc3)C(=O)CC(=N)CCCc3ccccc3)CC2)NC(c2ccc(C(F)(F)F)cc2)N1. The van der Waals surface area contributed by atoms with Crippen LogP contribution in [0, 0.1) is 17.5 Å². The van der Waals surface area contributed by atoms with Crippen molar-refractivity contribution in [2.45, 2.75) is 70.4 Å². The lowest BCUT2D eigenvalue weighted by atomic mass is 10.00. The van der Waals surface area contributed by atoms with E-state index < -0.39 is 11.7 Å². The first-order chi connectivity index (χ1) is 21.7. The topological polar surface area (TPSA) is 71.5 Å². The predicted molar refractivity (Wildman–Crippen MR) is 169 cm³/mol. The van der Waals surface area contributed by atoms with E-state index in [2.05, 4.69) is 39.8 Å². The lowest BCUT2D eigenvalue weighted by molar-refractivity contribution is -0.137. The minimum atomic E-state index is -4.36. The molecule has 1 unspecified atom stereocenters. The normalized spacial score (nSPS) is 17.4. The second-order valence-corrected chi connectivity index (χ2v) is 11.9. The maximum Gasteiger partial charge on any atom is 0.416 e. The third-order valence-electron chi connectivity index (χ3n) is 8.63. The van der Waals surface area contributed by atoms with Crippen molar-refractivity contribution in [2.75, 3.05) is 19.6 Å². The molecule has 9 heteroatoms. The van der Waals surface area contributed by atoms with Crippen LogP contribution < -0.4 is 10.6 Å². The summed E-state index contributed by atoms with van der Waals surface area (Å²) in [4.78, 5) is 17.9. The smallest absolute Gasteiger partial charge is 0.364 e. The first-order valence-electron chi connectivity index (χ1n) is 15.5. The molecule has 0 bridgehead atoms. The monoisotopic (exact) mass is 615 g/mol. The van der Waals surface area contributed by atoms with Gasteiger partial charge in [0.1, 0.15) is 6.17 Å². The average molecular weight is 616 g/mol. The summed E-state index contributed by atoms with van der Waals surface area (Å²) < 4.78 is 39.0. The van der Waals surface area contributed by atoms with Crippen LogP contribution in [0.1, 0.15) is 67.4 Å². The van der Waals surface area contributed by atoms with E-state index in [0.29, 0.717) is 25.2 Å². The van der Waals surface area contributed by atoms with Gasteiger partial charge in [0.15, 0.2) is 0 Å². The van der Waals surface area contributed by atoms with E-state index in [1.807, 2.05) is 48.2 Å². The molecule has 0 spiro atoms. The molecule has 0 aromatic heterocycles. The lowest BCUT2D eigenvalue weighted by Gasteiger charge is -2.39. The van der Waals surface area contributed by atoms with Gasteiger partial charge in [0, 0.05) is 49.3 Å². The van der Waals surface area contributed by atoms with Gasteiger partial charge >= 0.3 is 6.18 Å². The van der Waals surface area contributed by atoms with Crippen LogP contribution in [0.4, 0.5) is 13.2 Å². The Bertz CT molecular complexity index is 1450. The molecule has 1 saturated heterocycles. The van der Waals surface area contributed by atoms with Crippen LogP contribution in [0.2, 0.25) is 0 Å². The summed E-state index contributed by atoms with van der Waals surface area (Å²) in [6.45, 7) is 4.76. The molecule has 0 radical (unpaired) electrons. The number of allylic oxidation sites excluding steroid dienone is 1. The Morgan fingerprint density at radius 3 is 2.40 bits per heavy atom. The number of carbonyl (C=O) groups is 1. The Morgan fingerprint density at radius 1 is 1.00 bits per heavy atom. The van der Waals surface area contributed by atoms with Crippen LogP contribution in [0.5, 0.6) is 0 Å². The number of likely N-dealkylation sites (tertiary alicyclic amines) is 1. The van der Waals surface area contributed by atoms with Crippen LogP contribution in [-0.4, -0.2) is 47.1 Å². The van der Waals surface area contributed by atoms with E-state index in [4.69, 9.17) is 5.41 Å². The van der Waals surface area contributed by atoms with Gasteiger partial charge in [-0.25, -0.2) is 0 Å². The molecule has 236 valence electrons. The molecule has 5 rings (SSSR count). The zero-order valence-electron chi connectivity index (χ0n) is 25.6. The van der Waals surface area contributed by atoms with Gasteiger partial charge in [0.2, 0.25) is 5.91 Å². The van der Waals surface area contributed by atoms with Crippen molar-refractivity contribution in [2.24, 2.45) is 0 Å². The van der Waals surface area contributed by atoms with Gasteiger partial charge in [-0.05, 0) is 86.1 Å². The molecule has 2 aliphatic heterocycles. The highest BCUT2D eigenvalue weighted by molar-refractivity contribution is 5.99. The maximum absolute atomic E-state index is 13.6. The molecular weight excluding hydrogens is 575 g/mol. The summed E-state index contributed by atoms with van der Waals surface area (Å²) in [5.41, 5.74) is 4.78. The Balaban J connectivity index is 1.14. The highest BCUT2D eigenvalue weighted by Gasteiger charge is 2.32. The van der Waals surface area contributed by atoms with Gasteiger partial charge in [-0.15, -0.1) is 0 Å². The molecule has 0 saturated carbocycles. The molecule has 1 atom stereocenters. The molecule has 3 aromatic rings. The molecule has 3 aromatic carbocycles. The average Bonchev–Trinajstić information content (AvgIpc) is 3.40. The number of amides is 1. The van der Waals surface area contributed by atoms with E-state index in [0.717, 1.165) is 73.4 Å². The number of halogens is 3. The van der Waals surface area contributed by atoms with E-state index in [1.165, 1.54) is 17.7 Å². The van der Waals surface area contributed by atoms with Crippen LogP contribution >= 0.6 is 0 Å². The maximum atomic E-state index is 13.6. The standard InChI is InChI=1S/C36H40F3N5O/c1-26-33(42-35(41-26)29-15-17-30(18-16-29)36(37,38)39)25-43-21-19-32(20-22-43)44(24-28-11-6-3-7-12-28)34(45)23-31(40)14-8-13-27-9-4-2-5-10-27/h2,4-6,9-12,15-18,32,35,40-42H,8,13-14,19-25H2,1H3. The Labute approximate surface area is 263 Å². The van der Waals surface area contributed by atoms with Crippen molar-refractivity contribution in [3.05, 3.63) is 119 Å². The number of nitrogens with zero attached hydrogens (tertiary/aromatic N) is 2. The molecule has 0 aliphatic carbocycles. The largest absolute Gasteiger partial charge is 0.416 e. The third kappa shape index (κ3) is 8.89. The molecule has 3 N–H and O–H groups in total. The molecule has 1 amide bonds. The first-order valence-corrected chi connectivity index (χ1v) is 15.5. The molecular formula is C36H40F3N5O. The van der Waals surface area contributed by atoms with Crippen molar-refractivity contribution >= 4 is 11.6 Å². The summed E-state index contributed by atoms with van der Waals surface area (Å²) in [6.07, 6.45) is -0.541. The number of piperidine rings is 1. The van der Waals surface area contributed by atoms with Crippen molar-refractivity contribution in [1.29, 1.82) is 5.41 Å². The molecule has 2 aliphatic rings. The number of hydrogen-bond acceptors (Lipinski definition) is 5. The van der Waals surface area contributed by atoms with Crippen molar-refractivity contribution in [3.8, 4) is 0 Å². The predicted octanol–water partition coefficient (Wildman–Crippen LogP) is 6.65. The fourth-order valence-electron chi connectivity index (χ4n) is 6.05. The fraction of sp³-hybridized carbons (Fsp3) is 0.389. The van der Waals surface area contributed by atoms with Gasteiger partial charge in [-0.2, -0.15) is 13.2 Å². The second-order valence-electron chi connectivity index (χ2n) is 11.9. The Hall–Kier alpha value is -4.29.